The fraction of sp³-hybridized carbons (Fsp3) is 1.00. The van der Waals surface area contributed by atoms with Gasteiger partial charge in [0.05, 0.1) is 0 Å². The highest BCUT2D eigenvalue weighted by Crippen LogP contribution is 2.07. The summed E-state index contributed by atoms with van der Waals surface area (Å²) in [5, 5.41) is 3.51. The van der Waals surface area contributed by atoms with Gasteiger partial charge in [-0.2, -0.15) is 0 Å². The zero-order valence-electron chi connectivity index (χ0n) is 12.8. The van der Waals surface area contributed by atoms with Crippen LogP contribution in [0.15, 0.2) is 0 Å². The molecule has 1 aliphatic heterocycles. The summed E-state index contributed by atoms with van der Waals surface area (Å²) < 4.78 is 0. The van der Waals surface area contributed by atoms with Crippen LogP contribution in [-0.4, -0.2) is 87.2 Å². The summed E-state index contributed by atoms with van der Waals surface area (Å²) in [5.41, 5.74) is 0. The maximum atomic E-state index is 3.51. The molecule has 4 nitrogen and oxygen atoms in total. The van der Waals surface area contributed by atoms with Crippen LogP contribution in [0.5, 0.6) is 0 Å². The van der Waals surface area contributed by atoms with Gasteiger partial charge in [-0.05, 0) is 27.4 Å². The molecular weight excluding hydrogens is 224 g/mol. The number of hydrogen-bond acceptors (Lipinski definition) is 4. The fourth-order valence-corrected chi connectivity index (χ4v) is 2.35. The summed E-state index contributed by atoms with van der Waals surface area (Å²) in [7, 11) is 4.24. The predicted molar refractivity (Wildman–Crippen MR) is 79.2 cm³/mol. The van der Waals surface area contributed by atoms with Crippen molar-refractivity contribution in [2.45, 2.75) is 26.3 Å². The smallest absolute Gasteiger partial charge is 0.0113 e. The fourth-order valence-electron chi connectivity index (χ4n) is 2.35. The topological polar surface area (TPSA) is 21.8 Å². The Kier molecular flexibility index (Phi) is 7.82. The van der Waals surface area contributed by atoms with Gasteiger partial charge in [-0.1, -0.05) is 6.92 Å². The average Bonchev–Trinajstić information content (AvgIpc) is 2.38. The quantitative estimate of drug-likeness (QED) is 0.640. The van der Waals surface area contributed by atoms with Crippen LogP contribution in [0.3, 0.4) is 0 Å². The molecule has 1 heterocycles. The van der Waals surface area contributed by atoms with Crippen LogP contribution >= 0.6 is 0 Å². The van der Waals surface area contributed by atoms with Gasteiger partial charge in [0.15, 0.2) is 0 Å². The number of nitrogens with one attached hydrogen (secondary N) is 1. The van der Waals surface area contributed by atoms with Crippen LogP contribution in [0.25, 0.3) is 0 Å². The van der Waals surface area contributed by atoms with E-state index in [1.54, 1.807) is 0 Å². The highest BCUT2D eigenvalue weighted by molar-refractivity contribution is 4.75. The monoisotopic (exact) mass is 256 g/mol. The van der Waals surface area contributed by atoms with Crippen molar-refractivity contribution in [3.63, 3.8) is 0 Å². The van der Waals surface area contributed by atoms with Crippen molar-refractivity contribution in [1.82, 2.24) is 20.0 Å². The zero-order valence-corrected chi connectivity index (χ0v) is 12.8. The van der Waals surface area contributed by atoms with E-state index in [-0.39, 0.29) is 0 Å². The molecule has 0 aromatic heterocycles. The lowest BCUT2D eigenvalue weighted by molar-refractivity contribution is 0.101. The van der Waals surface area contributed by atoms with E-state index in [2.05, 4.69) is 48.0 Å². The summed E-state index contributed by atoms with van der Waals surface area (Å²) in [4.78, 5) is 7.43. The zero-order chi connectivity index (χ0) is 13.4. The van der Waals surface area contributed by atoms with E-state index in [0.29, 0.717) is 0 Å². The molecule has 0 amide bonds. The Bertz CT molecular complexity index is 200. The first kappa shape index (κ1) is 15.9. The van der Waals surface area contributed by atoms with Gasteiger partial charge in [0.1, 0.15) is 0 Å². The number of hydrogen-bond donors (Lipinski definition) is 1. The van der Waals surface area contributed by atoms with Crippen LogP contribution in [-0.2, 0) is 0 Å². The summed E-state index contributed by atoms with van der Waals surface area (Å²) in [6.07, 6.45) is 1.27. The molecule has 1 unspecified atom stereocenters. The van der Waals surface area contributed by atoms with Crippen LogP contribution in [0.2, 0.25) is 0 Å². The molecule has 1 atom stereocenters. The number of rotatable bonds is 8. The van der Waals surface area contributed by atoms with Crippen molar-refractivity contribution in [2.75, 3.05) is 66.5 Å². The van der Waals surface area contributed by atoms with Gasteiger partial charge in [-0.15, -0.1) is 0 Å². The minimum atomic E-state index is 0.755. The third kappa shape index (κ3) is 6.14. The lowest BCUT2D eigenvalue weighted by atomic mass is 10.2. The minimum absolute atomic E-state index is 0.755. The van der Waals surface area contributed by atoms with Crippen molar-refractivity contribution < 1.29 is 0 Å². The third-order valence-corrected chi connectivity index (χ3v) is 3.96. The molecule has 0 aromatic carbocycles. The Balaban J connectivity index is 2.02. The molecule has 1 aliphatic rings. The highest BCUT2D eigenvalue weighted by Gasteiger charge is 2.19. The van der Waals surface area contributed by atoms with Gasteiger partial charge >= 0.3 is 0 Å². The Morgan fingerprint density at radius 3 is 2.33 bits per heavy atom. The molecule has 0 radical (unpaired) electrons. The van der Waals surface area contributed by atoms with Gasteiger partial charge in [0.25, 0.3) is 0 Å². The van der Waals surface area contributed by atoms with E-state index in [4.69, 9.17) is 0 Å². The van der Waals surface area contributed by atoms with Crippen molar-refractivity contribution in [3.05, 3.63) is 0 Å². The largest absolute Gasteiger partial charge is 0.314 e. The van der Waals surface area contributed by atoms with Crippen molar-refractivity contribution >= 4 is 0 Å². The summed E-state index contributed by atoms with van der Waals surface area (Å²) in [6.45, 7) is 14.1. The van der Waals surface area contributed by atoms with E-state index < -0.39 is 0 Å². The number of piperazine rings is 1. The molecule has 1 rings (SSSR count). The molecule has 108 valence electrons. The highest BCUT2D eigenvalue weighted by atomic mass is 15.3. The predicted octanol–water partition coefficient (Wildman–Crippen LogP) is 0.554. The van der Waals surface area contributed by atoms with Gasteiger partial charge in [0, 0.05) is 58.4 Å². The van der Waals surface area contributed by atoms with Crippen LogP contribution in [0, 0.1) is 0 Å². The minimum Gasteiger partial charge on any atom is -0.314 e. The van der Waals surface area contributed by atoms with Crippen LogP contribution < -0.4 is 5.32 Å². The molecule has 0 aromatic rings. The maximum absolute atomic E-state index is 3.51. The molecule has 0 saturated carbocycles. The van der Waals surface area contributed by atoms with Gasteiger partial charge in [0.2, 0.25) is 0 Å². The molecule has 1 saturated heterocycles. The van der Waals surface area contributed by atoms with Crippen molar-refractivity contribution in [3.8, 4) is 0 Å². The molecule has 0 spiro atoms. The third-order valence-electron chi connectivity index (χ3n) is 3.96. The summed E-state index contributed by atoms with van der Waals surface area (Å²) >= 11 is 0. The molecule has 0 aliphatic carbocycles. The van der Waals surface area contributed by atoms with Crippen LogP contribution in [0.4, 0.5) is 0 Å². The second kappa shape index (κ2) is 8.86. The Hall–Kier alpha value is -0.160. The van der Waals surface area contributed by atoms with E-state index >= 15 is 0 Å². The van der Waals surface area contributed by atoms with E-state index in [0.717, 1.165) is 25.7 Å². The maximum Gasteiger partial charge on any atom is 0.0113 e. The SMILES string of the molecule is CCC(C)N1CCN(CCNCCN(C)C)CC1. The van der Waals surface area contributed by atoms with E-state index in [1.165, 1.54) is 39.1 Å². The Labute approximate surface area is 113 Å². The molecule has 1 fully saturated rings. The lowest BCUT2D eigenvalue weighted by Crippen LogP contribution is -2.50. The van der Waals surface area contributed by atoms with Gasteiger partial charge < -0.3 is 10.2 Å². The summed E-state index contributed by atoms with van der Waals surface area (Å²) in [6, 6.07) is 0.755. The number of nitrogens with zero attached hydrogens (tertiary/aromatic N) is 3. The Morgan fingerprint density at radius 1 is 1.11 bits per heavy atom. The van der Waals surface area contributed by atoms with Crippen LogP contribution in [0.1, 0.15) is 20.3 Å². The summed E-state index contributed by atoms with van der Waals surface area (Å²) in [5.74, 6) is 0. The van der Waals surface area contributed by atoms with Gasteiger partial charge in [-0.25, -0.2) is 0 Å². The standard InChI is InChI=1S/C14H32N4/c1-5-14(2)18-12-10-17(11-13-18)9-7-15-6-8-16(3)4/h14-15H,5-13H2,1-4H3. The normalized spacial score (nSPS) is 20.5. The first-order valence-electron chi connectivity index (χ1n) is 7.45. The average molecular weight is 256 g/mol. The molecule has 0 bridgehead atoms. The first-order valence-corrected chi connectivity index (χ1v) is 7.45. The first-order chi connectivity index (χ1) is 8.63. The van der Waals surface area contributed by atoms with Crippen molar-refractivity contribution in [1.29, 1.82) is 0 Å². The van der Waals surface area contributed by atoms with Gasteiger partial charge in [-0.3, -0.25) is 9.80 Å². The van der Waals surface area contributed by atoms with E-state index in [1.807, 2.05) is 0 Å². The lowest BCUT2D eigenvalue weighted by Gasteiger charge is -2.37. The molecule has 18 heavy (non-hydrogen) atoms. The van der Waals surface area contributed by atoms with E-state index in [9.17, 15) is 0 Å². The molecule has 1 N–H and O–H groups in total. The molecular formula is C14H32N4. The second-order valence-corrected chi connectivity index (χ2v) is 5.69. The number of likely N-dealkylation sites (N-methyl/N-ethyl adjacent to an activating group) is 1. The second-order valence-electron chi connectivity index (χ2n) is 5.69. The molecule has 4 heteroatoms. The van der Waals surface area contributed by atoms with Crippen molar-refractivity contribution in [2.24, 2.45) is 0 Å². The Morgan fingerprint density at radius 2 is 1.78 bits per heavy atom.